The molecule has 18 heavy (non-hydrogen) atoms. The topological polar surface area (TPSA) is 49.4 Å². The van der Waals surface area contributed by atoms with Crippen LogP contribution in [0.25, 0.3) is 0 Å². The van der Waals surface area contributed by atoms with Crippen LogP contribution in [0.15, 0.2) is 0 Å². The van der Waals surface area contributed by atoms with Gasteiger partial charge >= 0.3 is 0 Å². The van der Waals surface area contributed by atoms with Gasteiger partial charge in [-0.1, -0.05) is 20.3 Å². The monoisotopic (exact) mass is 274 g/mol. The van der Waals surface area contributed by atoms with Gasteiger partial charge in [0.2, 0.25) is 0 Å². The number of sulfone groups is 1. The summed E-state index contributed by atoms with van der Waals surface area (Å²) in [5.74, 6) is 0.768. The Hall–Kier alpha value is -0.130. The van der Waals surface area contributed by atoms with Crippen molar-refractivity contribution in [2.75, 3.05) is 24.6 Å². The molecule has 5 heteroatoms. The van der Waals surface area contributed by atoms with Gasteiger partial charge < -0.3 is 5.32 Å². The van der Waals surface area contributed by atoms with Crippen LogP contribution in [0, 0.1) is 0 Å². The summed E-state index contributed by atoms with van der Waals surface area (Å²) in [4.78, 5) is 2.46. The van der Waals surface area contributed by atoms with Gasteiger partial charge in [-0.25, -0.2) is 8.42 Å². The van der Waals surface area contributed by atoms with Crippen LogP contribution in [0.4, 0.5) is 0 Å². The first-order valence-electron chi connectivity index (χ1n) is 7.17. The molecule has 4 nitrogen and oxygen atoms in total. The summed E-state index contributed by atoms with van der Waals surface area (Å²) in [6, 6.07) is 1.30. The molecule has 106 valence electrons. The number of nitrogens with one attached hydrogen (secondary N) is 1. The fraction of sp³-hybridized carbons (Fsp3) is 1.00. The second-order valence-electron chi connectivity index (χ2n) is 6.01. The standard InChI is InChI=1S/C13H26N2O2S/c1-11(2)14-9-12-5-3-4-7-15(12)13-6-8-18(16,17)10-13/h11-14H,3-10H2,1-2H3. The molecule has 2 heterocycles. The van der Waals surface area contributed by atoms with Crippen LogP contribution in [0.3, 0.4) is 0 Å². The quantitative estimate of drug-likeness (QED) is 0.832. The van der Waals surface area contributed by atoms with Crippen molar-refractivity contribution in [3.8, 4) is 0 Å². The zero-order valence-corrected chi connectivity index (χ0v) is 12.4. The Labute approximate surface area is 111 Å². The summed E-state index contributed by atoms with van der Waals surface area (Å²) in [6.07, 6.45) is 4.53. The molecule has 2 atom stereocenters. The molecule has 2 aliphatic heterocycles. The fourth-order valence-electron chi connectivity index (χ4n) is 3.13. The molecule has 0 aromatic heterocycles. The molecule has 0 amide bonds. The van der Waals surface area contributed by atoms with Gasteiger partial charge in [-0.05, 0) is 25.8 Å². The summed E-state index contributed by atoms with van der Waals surface area (Å²) >= 11 is 0. The molecule has 0 saturated carbocycles. The first-order valence-corrected chi connectivity index (χ1v) is 8.99. The Balaban J connectivity index is 1.95. The van der Waals surface area contributed by atoms with Crippen molar-refractivity contribution in [2.24, 2.45) is 0 Å². The van der Waals surface area contributed by atoms with Gasteiger partial charge in [0, 0.05) is 24.7 Å². The molecule has 2 rings (SSSR count). The Morgan fingerprint density at radius 1 is 1.28 bits per heavy atom. The molecule has 0 aromatic carbocycles. The third-order valence-corrected chi connectivity index (χ3v) is 5.86. The van der Waals surface area contributed by atoms with Crippen molar-refractivity contribution in [3.63, 3.8) is 0 Å². The minimum absolute atomic E-state index is 0.272. The van der Waals surface area contributed by atoms with Gasteiger partial charge in [-0.3, -0.25) is 4.90 Å². The minimum atomic E-state index is -2.76. The highest BCUT2D eigenvalue weighted by Crippen LogP contribution is 2.25. The van der Waals surface area contributed by atoms with Crippen LogP contribution in [0.2, 0.25) is 0 Å². The third kappa shape index (κ3) is 3.68. The molecular formula is C13H26N2O2S. The van der Waals surface area contributed by atoms with Crippen LogP contribution >= 0.6 is 0 Å². The van der Waals surface area contributed by atoms with Gasteiger partial charge in [0.25, 0.3) is 0 Å². The van der Waals surface area contributed by atoms with Crippen LogP contribution in [-0.4, -0.2) is 56.0 Å². The second-order valence-corrected chi connectivity index (χ2v) is 8.24. The van der Waals surface area contributed by atoms with Crippen LogP contribution in [0.1, 0.15) is 39.5 Å². The lowest BCUT2D eigenvalue weighted by Crippen LogP contribution is -2.51. The SMILES string of the molecule is CC(C)NCC1CCCCN1C1CCS(=O)(=O)C1. The smallest absolute Gasteiger partial charge is 0.151 e. The normalized spacial score (nSPS) is 33.1. The van der Waals surface area contributed by atoms with E-state index in [0.29, 0.717) is 23.6 Å². The highest BCUT2D eigenvalue weighted by Gasteiger charge is 2.36. The molecule has 0 bridgehead atoms. The van der Waals surface area contributed by atoms with E-state index >= 15 is 0 Å². The van der Waals surface area contributed by atoms with E-state index in [-0.39, 0.29) is 6.04 Å². The van der Waals surface area contributed by atoms with E-state index in [0.717, 1.165) is 19.5 Å². The van der Waals surface area contributed by atoms with Crippen molar-refractivity contribution in [1.82, 2.24) is 10.2 Å². The van der Waals surface area contributed by atoms with Crippen molar-refractivity contribution < 1.29 is 8.42 Å². The van der Waals surface area contributed by atoms with Crippen LogP contribution < -0.4 is 5.32 Å². The van der Waals surface area contributed by atoms with Crippen LogP contribution in [0.5, 0.6) is 0 Å². The number of hydrogen-bond acceptors (Lipinski definition) is 4. The van der Waals surface area contributed by atoms with E-state index in [1.165, 1.54) is 19.3 Å². The van der Waals surface area contributed by atoms with Gasteiger partial charge in [-0.2, -0.15) is 0 Å². The predicted octanol–water partition coefficient (Wildman–Crippen LogP) is 1.03. The zero-order chi connectivity index (χ0) is 13.2. The first kappa shape index (κ1) is 14.3. The van der Waals surface area contributed by atoms with Crippen LogP contribution in [-0.2, 0) is 9.84 Å². The Morgan fingerprint density at radius 3 is 2.67 bits per heavy atom. The highest BCUT2D eigenvalue weighted by molar-refractivity contribution is 7.91. The van der Waals surface area contributed by atoms with E-state index in [9.17, 15) is 8.42 Å². The van der Waals surface area contributed by atoms with Gasteiger partial charge in [0.15, 0.2) is 9.84 Å². The molecule has 2 aliphatic rings. The molecular weight excluding hydrogens is 248 g/mol. The van der Waals surface area contributed by atoms with Gasteiger partial charge in [0.1, 0.15) is 0 Å². The lowest BCUT2D eigenvalue weighted by atomic mass is 9.99. The van der Waals surface area contributed by atoms with Crippen molar-refractivity contribution in [2.45, 2.75) is 57.7 Å². The van der Waals surface area contributed by atoms with E-state index in [2.05, 4.69) is 24.1 Å². The fourth-order valence-corrected chi connectivity index (χ4v) is 4.87. The summed E-state index contributed by atoms with van der Waals surface area (Å²) in [6.45, 7) is 6.39. The highest BCUT2D eigenvalue weighted by atomic mass is 32.2. The van der Waals surface area contributed by atoms with Crippen molar-refractivity contribution in [3.05, 3.63) is 0 Å². The zero-order valence-electron chi connectivity index (χ0n) is 11.6. The predicted molar refractivity (Wildman–Crippen MR) is 74.5 cm³/mol. The molecule has 0 radical (unpaired) electrons. The number of rotatable bonds is 4. The summed E-state index contributed by atoms with van der Waals surface area (Å²) in [5.41, 5.74) is 0. The Kier molecular flexibility index (Phi) is 4.67. The number of hydrogen-bond donors (Lipinski definition) is 1. The molecule has 1 N–H and O–H groups in total. The largest absolute Gasteiger partial charge is 0.313 e. The molecule has 0 aromatic rings. The Morgan fingerprint density at radius 2 is 2.06 bits per heavy atom. The lowest BCUT2D eigenvalue weighted by Gasteiger charge is -2.40. The maximum atomic E-state index is 11.6. The summed E-state index contributed by atoms with van der Waals surface area (Å²) in [5, 5.41) is 3.50. The molecule has 0 aliphatic carbocycles. The lowest BCUT2D eigenvalue weighted by molar-refractivity contribution is 0.103. The van der Waals surface area contributed by atoms with E-state index in [1.807, 2.05) is 0 Å². The third-order valence-electron chi connectivity index (χ3n) is 4.11. The molecule has 2 saturated heterocycles. The number of likely N-dealkylation sites (tertiary alicyclic amines) is 1. The second kappa shape index (κ2) is 5.88. The van der Waals surface area contributed by atoms with E-state index < -0.39 is 9.84 Å². The van der Waals surface area contributed by atoms with Gasteiger partial charge in [0.05, 0.1) is 11.5 Å². The first-order chi connectivity index (χ1) is 8.48. The maximum Gasteiger partial charge on any atom is 0.151 e. The Bertz CT molecular complexity index is 367. The number of piperidine rings is 1. The van der Waals surface area contributed by atoms with E-state index in [1.54, 1.807) is 0 Å². The number of nitrogens with zero attached hydrogens (tertiary/aromatic N) is 1. The average molecular weight is 274 g/mol. The molecule has 2 unspecified atom stereocenters. The molecule has 2 fully saturated rings. The average Bonchev–Trinajstić information content (AvgIpc) is 2.67. The van der Waals surface area contributed by atoms with Crippen molar-refractivity contribution >= 4 is 9.84 Å². The van der Waals surface area contributed by atoms with Crippen molar-refractivity contribution in [1.29, 1.82) is 0 Å². The van der Waals surface area contributed by atoms with Gasteiger partial charge in [-0.15, -0.1) is 0 Å². The minimum Gasteiger partial charge on any atom is -0.313 e. The summed E-state index contributed by atoms with van der Waals surface area (Å²) in [7, 11) is -2.76. The van der Waals surface area contributed by atoms with E-state index in [4.69, 9.17) is 0 Å². The molecule has 0 spiro atoms. The summed E-state index contributed by atoms with van der Waals surface area (Å²) < 4.78 is 23.2. The maximum absolute atomic E-state index is 11.6.